The van der Waals surface area contributed by atoms with Crippen LogP contribution in [-0.4, -0.2) is 13.1 Å². The van der Waals surface area contributed by atoms with Crippen molar-refractivity contribution in [3.63, 3.8) is 0 Å². The van der Waals surface area contributed by atoms with Gasteiger partial charge in [0, 0.05) is 6.54 Å². The molecule has 2 fully saturated rings. The molecule has 0 radical (unpaired) electrons. The molecule has 2 aliphatic rings. The highest BCUT2D eigenvalue weighted by atomic mass is 14.9. The third kappa shape index (κ3) is 1.52. The average molecular weight is 167 g/mol. The van der Waals surface area contributed by atoms with Crippen molar-refractivity contribution in [3.8, 4) is 0 Å². The zero-order valence-corrected chi connectivity index (χ0v) is 8.23. The molecule has 0 amide bonds. The van der Waals surface area contributed by atoms with Gasteiger partial charge >= 0.3 is 0 Å². The summed E-state index contributed by atoms with van der Waals surface area (Å²) < 4.78 is 0. The summed E-state index contributed by atoms with van der Waals surface area (Å²) in [5.41, 5.74) is 0.785. The number of hydrogen-bond donors (Lipinski definition) is 1. The van der Waals surface area contributed by atoms with Gasteiger partial charge in [-0.2, -0.15) is 0 Å². The van der Waals surface area contributed by atoms with Crippen LogP contribution in [0, 0.1) is 11.3 Å². The van der Waals surface area contributed by atoms with Gasteiger partial charge in [-0.15, -0.1) is 0 Å². The van der Waals surface area contributed by atoms with Crippen LogP contribution in [0.4, 0.5) is 0 Å². The molecule has 0 aliphatic heterocycles. The van der Waals surface area contributed by atoms with Crippen molar-refractivity contribution in [2.45, 2.75) is 45.4 Å². The third-order valence-electron chi connectivity index (χ3n) is 3.77. The van der Waals surface area contributed by atoms with Gasteiger partial charge in [0.2, 0.25) is 0 Å². The molecule has 0 bridgehead atoms. The van der Waals surface area contributed by atoms with Gasteiger partial charge in [0.25, 0.3) is 0 Å². The molecule has 12 heavy (non-hydrogen) atoms. The van der Waals surface area contributed by atoms with Crippen molar-refractivity contribution in [2.24, 2.45) is 11.3 Å². The molecule has 0 aromatic rings. The van der Waals surface area contributed by atoms with Gasteiger partial charge in [-0.3, -0.25) is 0 Å². The predicted octanol–water partition coefficient (Wildman–Crippen LogP) is 2.57. The molecular formula is C11H21N. The summed E-state index contributed by atoms with van der Waals surface area (Å²) >= 11 is 0. The van der Waals surface area contributed by atoms with E-state index >= 15 is 0 Å². The molecule has 0 heterocycles. The highest BCUT2D eigenvalue weighted by Crippen LogP contribution is 2.58. The molecule has 0 saturated heterocycles. The van der Waals surface area contributed by atoms with Crippen LogP contribution in [0.15, 0.2) is 0 Å². The zero-order chi connectivity index (χ0) is 8.44. The molecule has 0 spiro atoms. The van der Waals surface area contributed by atoms with Gasteiger partial charge in [0.15, 0.2) is 0 Å². The van der Waals surface area contributed by atoms with Gasteiger partial charge in [-0.1, -0.05) is 13.3 Å². The van der Waals surface area contributed by atoms with Crippen LogP contribution in [0.2, 0.25) is 0 Å². The molecule has 0 atom stereocenters. The fourth-order valence-electron chi connectivity index (χ4n) is 2.42. The highest BCUT2D eigenvalue weighted by Gasteiger charge is 2.50. The smallest absolute Gasteiger partial charge is 0.00105 e. The second-order valence-corrected chi connectivity index (χ2v) is 4.67. The Morgan fingerprint density at radius 1 is 1.33 bits per heavy atom. The molecule has 2 aliphatic carbocycles. The maximum absolute atomic E-state index is 3.59. The summed E-state index contributed by atoms with van der Waals surface area (Å²) in [7, 11) is 0. The van der Waals surface area contributed by atoms with E-state index in [4.69, 9.17) is 0 Å². The summed E-state index contributed by atoms with van der Waals surface area (Å²) in [6.07, 6.45) is 8.84. The van der Waals surface area contributed by atoms with Gasteiger partial charge < -0.3 is 5.32 Å². The second kappa shape index (κ2) is 3.37. The standard InChI is InChI=1S/C11H21N/c1-2-8-12-9-11(6-7-11)10-4-3-5-10/h10,12H,2-9H2,1H3. The lowest BCUT2D eigenvalue weighted by Crippen LogP contribution is -2.33. The van der Waals surface area contributed by atoms with E-state index in [0.29, 0.717) is 0 Å². The minimum absolute atomic E-state index is 0.785. The molecular weight excluding hydrogens is 146 g/mol. The van der Waals surface area contributed by atoms with E-state index in [2.05, 4.69) is 12.2 Å². The largest absolute Gasteiger partial charge is 0.316 e. The number of hydrogen-bond acceptors (Lipinski definition) is 1. The van der Waals surface area contributed by atoms with E-state index in [0.717, 1.165) is 11.3 Å². The minimum Gasteiger partial charge on any atom is -0.316 e. The van der Waals surface area contributed by atoms with E-state index in [1.165, 1.54) is 51.6 Å². The van der Waals surface area contributed by atoms with E-state index in [1.54, 1.807) is 0 Å². The Morgan fingerprint density at radius 2 is 2.08 bits per heavy atom. The van der Waals surface area contributed by atoms with E-state index in [-0.39, 0.29) is 0 Å². The van der Waals surface area contributed by atoms with Crippen LogP contribution in [0.1, 0.15) is 45.4 Å². The van der Waals surface area contributed by atoms with Crippen molar-refractivity contribution < 1.29 is 0 Å². The molecule has 1 N–H and O–H groups in total. The first kappa shape index (κ1) is 8.55. The molecule has 70 valence electrons. The van der Waals surface area contributed by atoms with Gasteiger partial charge in [-0.25, -0.2) is 0 Å². The van der Waals surface area contributed by atoms with E-state index < -0.39 is 0 Å². The molecule has 1 nitrogen and oxygen atoms in total. The monoisotopic (exact) mass is 167 g/mol. The Balaban J connectivity index is 1.70. The first-order valence-electron chi connectivity index (χ1n) is 5.58. The van der Waals surface area contributed by atoms with Gasteiger partial charge in [0.05, 0.1) is 0 Å². The lowest BCUT2D eigenvalue weighted by Gasteiger charge is -2.34. The Bertz CT molecular complexity index is 145. The summed E-state index contributed by atoms with van der Waals surface area (Å²) in [5, 5.41) is 3.59. The molecule has 0 aromatic heterocycles. The zero-order valence-electron chi connectivity index (χ0n) is 8.23. The lowest BCUT2D eigenvalue weighted by molar-refractivity contribution is 0.181. The van der Waals surface area contributed by atoms with Crippen molar-refractivity contribution in [2.75, 3.05) is 13.1 Å². The summed E-state index contributed by atoms with van der Waals surface area (Å²) in [6, 6.07) is 0. The minimum atomic E-state index is 0.785. The van der Waals surface area contributed by atoms with Crippen LogP contribution in [0.25, 0.3) is 0 Å². The second-order valence-electron chi connectivity index (χ2n) is 4.67. The van der Waals surface area contributed by atoms with E-state index in [9.17, 15) is 0 Å². The highest BCUT2D eigenvalue weighted by molar-refractivity contribution is 5.02. The van der Waals surface area contributed by atoms with Crippen LogP contribution < -0.4 is 5.32 Å². The summed E-state index contributed by atoms with van der Waals surface area (Å²) in [4.78, 5) is 0. The summed E-state index contributed by atoms with van der Waals surface area (Å²) in [5.74, 6) is 1.10. The number of rotatable bonds is 5. The molecule has 0 aromatic carbocycles. The Hall–Kier alpha value is -0.0400. The number of nitrogens with one attached hydrogen (secondary N) is 1. The molecule has 2 saturated carbocycles. The average Bonchev–Trinajstić information content (AvgIpc) is 2.66. The Labute approximate surface area is 75.9 Å². The Morgan fingerprint density at radius 3 is 2.50 bits per heavy atom. The van der Waals surface area contributed by atoms with Crippen molar-refractivity contribution in [3.05, 3.63) is 0 Å². The molecule has 2 rings (SSSR count). The van der Waals surface area contributed by atoms with Crippen molar-refractivity contribution in [1.29, 1.82) is 0 Å². The normalized spacial score (nSPS) is 26.8. The van der Waals surface area contributed by atoms with Crippen molar-refractivity contribution in [1.82, 2.24) is 5.32 Å². The van der Waals surface area contributed by atoms with Gasteiger partial charge in [-0.05, 0) is 50.0 Å². The first-order chi connectivity index (χ1) is 5.87. The fraction of sp³-hybridized carbons (Fsp3) is 1.00. The fourth-order valence-corrected chi connectivity index (χ4v) is 2.42. The van der Waals surface area contributed by atoms with Crippen LogP contribution in [0.5, 0.6) is 0 Å². The predicted molar refractivity (Wildman–Crippen MR) is 52.2 cm³/mol. The maximum atomic E-state index is 3.59. The topological polar surface area (TPSA) is 12.0 Å². The van der Waals surface area contributed by atoms with Crippen LogP contribution in [-0.2, 0) is 0 Å². The molecule has 0 unspecified atom stereocenters. The van der Waals surface area contributed by atoms with Crippen molar-refractivity contribution >= 4 is 0 Å². The first-order valence-corrected chi connectivity index (χ1v) is 5.58. The quantitative estimate of drug-likeness (QED) is 0.621. The van der Waals surface area contributed by atoms with E-state index in [1.807, 2.05) is 0 Å². The van der Waals surface area contributed by atoms with Crippen LogP contribution in [0.3, 0.4) is 0 Å². The third-order valence-corrected chi connectivity index (χ3v) is 3.77. The summed E-state index contributed by atoms with van der Waals surface area (Å²) in [6.45, 7) is 4.77. The molecule has 1 heteroatoms. The van der Waals surface area contributed by atoms with Gasteiger partial charge in [0.1, 0.15) is 0 Å². The lowest BCUT2D eigenvalue weighted by atomic mass is 9.73. The van der Waals surface area contributed by atoms with Crippen LogP contribution >= 0.6 is 0 Å². The Kier molecular flexibility index (Phi) is 2.40. The SMILES string of the molecule is CCCNCC1(C2CCC2)CC1. The maximum Gasteiger partial charge on any atom is 0.00105 e.